The van der Waals surface area contributed by atoms with E-state index in [1.54, 1.807) is 24.6 Å². The molecule has 6 nitrogen and oxygen atoms in total. The molecule has 0 fully saturated rings. The van der Waals surface area contributed by atoms with Gasteiger partial charge in [0, 0.05) is 11.8 Å². The van der Waals surface area contributed by atoms with E-state index < -0.39 is 11.7 Å². The summed E-state index contributed by atoms with van der Waals surface area (Å²) in [4.78, 5) is 19.1. The molecule has 0 unspecified atom stereocenters. The fourth-order valence-corrected chi connectivity index (χ4v) is 2.07. The Balaban J connectivity index is 0.000000277. The molecule has 1 aromatic carbocycles. The van der Waals surface area contributed by atoms with Gasteiger partial charge in [-0.05, 0) is 32.0 Å². The molecule has 25 heavy (non-hydrogen) atoms. The largest absolute Gasteiger partial charge is 0.463 e. The topological polar surface area (TPSA) is 65.4 Å². The normalized spacial score (nSPS) is 11.7. The monoisotopic (exact) mass is 355 g/mol. The molecule has 0 saturated heterocycles. The standard InChI is InChI=1S/C11H8F3N3O.C5H8O2/c1-6-5-15-10-17(6)9-3-2-7(11(12,13)14)4-8(9)16-18-10;1-3-5(6)7-4-2/h2-5,16H,1H3;3H,1,4H2,2H3. The fourth-order valence-electron chi connectivity index (χ4n) is 2.07. The number of aromatic nitrogens is 2. The molecule has 3 rings (SSSR count). The Bertz CT molecular complexity index is 785. The number of hydrogen-bond acceptors (Lipinski definition) is 5. The van der Waals surface area contributed by atoms with Crippen LogP contribution in [0.15, 0.2) is 37.1 Å². The predicted molar refractivity (Wildman–Crippen MR) is 84.4 cm³/mol. The third-order valence-corrected chi connectivity index (χ3v) is 3.18. The molecule has 134 valence electrons. The van der Waals surface area contributed by atoms with Crippen LogP contribution in [0.4, 0.5) is 18.9 Å². The number of imidazole rings is 1. The van der Waals surface area contributed by atoms with Gasteiger partial charge in [0.15, 0.2) is 0 Å². The first-order valence-corrected chi connectivity index (χ1v) is 7.26. The molecule has 9 heteroatoms. The van der Waals surface area contributed by atoms with Gasteiger partial charge >= 0.3 is 18.2 Å². The maximum absolute atomic E-state index is 12.6. The molecule has 0 bridgehead atoms. The third-order valence-electron chi connectivity index (χ3n) is 3.18. The summed E-state index contributed by atoms with van der Waals surface area (Å²) in [7, 11) is 0. The lowest BCUT2D eigenvalue weighted by atomic mass is 10.1. The van der Waals surface area contributed by atoms with Crippen molar-refractivity contribution in [2.45, 2.75) is 20.0 Å². The van der Waals surface area contributed by atoms with Crippen molar-refractivity contribution in [2.75, 3.05) is 12.1 Å². The SMILES string of the molecule is C=CC(=O)OCC.Cc1cnc2n1-c1ccc(C(F)(F)F)cc1NO2. The first kappa shape index (κ1) is 18.4. The smallest absolute Gasteiger partial charge is 0.416 e. The summed E-state index contributed by atoms with van der Waals surface area (Å²) >= 11 is 0. The number of carbonyl (C=O) groups excluding carboxylic acids is 1. The zero-order valence-corrected chi connectivity index (χ0v) is 13.6. The summed E-state index contributed by atoms with van der Waals surface area (Å²) in [6.45, 7) is 7.18. The predicted octanol–water partition coefficient (Wildman–Crippen LogP) is 3.65. The van der Waals surface area contributed by atoms with Crippen LogP contribution in [-0.4, -0.2) is 22.1 Å². The van der Waals surface area contributed by atoms with E-state index in [0.717, 1.165) is 23.9 Å². The van der Waals surface area contributed by atoms with Gasteiger partial charge < -0.3 is 9.57 Å². The number of aryl methyl sites for hydroxylation is 1. The lowest BCUT2D eigenvalue weighted by Crippen LogP contribution is -2.18. The van der Waals surface area contributed by atoms with Gasteiger partial charge in [-0.25, -0.2) is 15.3 Å². The van der Waals surface area contributed by atoms with Crippen LogP contribution in [0.3, 0.4) is 0 Å². The van der Waals surface area contributed by atoms with Gasteiger partial charge in [0.1, 0.15) is 0 Å². The van der Waals surface area contributed by atoms with Gasteiger partial charge in [-0.3, -0.25) is 4.57 Å². The highest BCUT2D eigenvalue weighted by Gasteiger charge is 2.32. The quantitative estimate of drug-likeness (QED) is 0.658. The molecule has 1 aliphatic heterocycles. The van der Waals surface area contributed by atoms with Gasteiger partial charge in [-0.1, -0.05) is 6.58 Å². The minimum absolute atomic E-state index is 0.262. The van der Waals surface area contributed by atoms with Crippen LogP contribution in [0, 0.1) is 6.92 Å². The van der Waals surface area contributed by atoms with E-state index >= 15 is 0 Å². The number of hydrogen-bond donors (Lipinski definition) is 1. The number of nitrogens with one attached hydrogen (secondary N) is 1. The first-order chi connectivity index (χ1) is 11.8. The van der Waals surface area contributed by atoms with Crippen LogP contribution in [0.25, 0.3) is 5.69 Å². The summed E-state index contributed by atoms with van der Waals surface area (Å²) in [5.41, 5.74) is 3.37. The molecule has 1 N–H and O–H groups in total. The number of ether oxygens (including phenoxy) is 1. The average Bonchev–Trinajstić information content (AvgIpc) is 2.96. The zero-order valence-electron chi connectivity index (χ0n) is 13.6. The average molecular weight is 355 g/mol. The van der Waals surface area contributed by atoms with Crippen LogP contribution in [-0.2, 0) is 15.7 Å². The highest BCUT2D eigenvalue weighted by molar-refractivity contribution is 5.81. The summed E-state index contributed by atoms with van der Waals surface area (Å²) < 4.78 is 43.8. The molecule has 0 atom stereocenters. The number of halogens is 3. The molecule has 0 aliphatic carbocycles. The number of alkyl halides is 3. The molecule has 1 aromatic heterocycles. The summed E-state index contributed by atoms with van der Waals surface area (Å²) in [6.07, 6.45) is -1.64. The molecule has 0 amide bonds. The summed E-state index contributed by atoms with van der Waals surface area (Å²) in [5.74, 6) is -0.359. The van der Waals surface area contributed by atoms with Gasteiger partial charge in [0.25, 0.3) is 0 Å². The molecule has 0 spiro atoms. The van der Waals surface area contributed by atoms with Gasteiger partial charge in [-0.2, -0.15) is 13.2 Å². The fraction of sp³-hybridized carbons (Fsp3) is 0.250. The zero-order chi connectivity index (χ0) is 18.6. The Morgan fingerprint density at radius 3 is 2.76 bits per heavy atom. The highest BCUT2D eigenvalue weighted by Crippen LogP contribution is 2.36. The van der Waals surface area contributed by atoms with E-state index in [4.69, 9.17) is 4.84 Å². The Kier molecular flexibility index (Phi) is 5.35. The highest BCUT2D eigenvalue weighted by atomic mass is 19.4. The number of carbonyl (C=O) groups is 1. The van der Waals surface area contributed by atoms with Crippen molar-refractivity contribution >= 4 is 11.7 Å². The van der Waals surface area contributed by atoms with E-state index in [1.165, 1.54) is 6.07 Å². The maximum Gasteiger partial charge on any atom is 0.416 e. The van der Waals surface area contributed by atoms with E-state index in [0.29, 0.717) is 18.3 Å². The van der Waals surface area contributed by atoms with Crippen molar-refractivity contribution in [3.8, 4) is 11.7 Å². The minimum Gasteiger partial charge on any atom is -0.463 e. The number of benzene rings is 1. The van der Waals surface area contributed by atoms with E-state index in [2.05, 4.69) is 21.8 Å². The lowest BCUT2D eigenvalue weighted by molar-refractivity contribution is -0.138. The number of esters is 1. The first-order valence-electron chi connectivity index (χ1n) is 7.26. The second-order valence-electron chi connectivity index (χ2n) is 4.91. The second kappa shape index (κ2) is 7.29. The lowest BCUT2D eigenvalue weighted by Gasteiger charge is -2.21. The van der Waals surface area contributed by atoms with Crippen molar-refractivity contribution in [3.05, 3.63) is 48.3 Å². The van der Waals surface area contributed by atoms with Crippen LogP contribution in [0.5, 0.6) is 6.01 Å². The number of nitrogens with zero attached hydrogens (tertiary/aromatic N) is 2. The summed E-state index contributed by atoms with van der Waals surface area (Å²) in [5, 5.41) is 0. The molecule has 0 radical (unpaired) electrons. The Morgan fingerprint density at radius 2 is 2.20 bits per heavy atom. The van der Waals surface area contributed by atoms with Crippen molar-refractivity contribution in [2.24, 2.45) is 0 Å². The molecule has 2 aromatic rings. The summed E-state index contributed by atoms with van der Waals surface area (Å²) in [6, 6.07) is 3.75. The van der Waals surface area contributed by atoms with Crippen molar-refractivity contribution in [1.29, 1.82) is 0 Å². The van der Waals surface area contributed by atoms with Crippen LogP contribution >= 0.6 is 0 Å². The van der Waals surface area contributed by atoms with Gasteiger partial charge in [0.05, 0.1) is 29.7 Å². The molecule has 0 saturated carbocycles. The van der Waals surface area contributed by atoms with Gasteiger partial charge in [-0.15, -0.1) is 0 Å². The van der Waals surface area contributed by atoms with Crippen molar-refractivity contribution in [1.82, 2.24) is 9.55 Å². The molecular formula is C16H16F3N3O3. The second-order valence-corrected chi connectivity index (χ2v) is 4.91. The van der Waals surface area contributed by atoms with Crippen LogP contribution < -0.4 is 10.3 Å². The number of rotatable bonds is 2. The Morgan fingerprint density at radius 1 is 1.48 bits per heavy atom. The van der Waals surface area contributed by atoms with Crippen LogP contribution in [0.1, 0.15) is 18.2 Å². The Hall–Kier alpha value is -2.97. The van der Waals surface area contributed by atoms with E-state index in [1.807, 2.05) is 0 Å². The minimum atomic E-state index is -4.37. The van der Waals surface area contributed by atoms with Crippen LogP contribution in [0.2, 0.25) is 0 Å². The molecule has 1 aliphatic rings. The van der Waals surface area contributed by atoms with E-state index in [9.17, 15) is 18.0 Å². The number of anilines is 1. The Labute approximate surface area is 141 Å². The van der Waals surface area contributed by atoms with Crippen molar-refractivity contribution in [3.63, 3.8) is 0 Å². The van der Waals surface area contributed by atoms with Crippen molar-refractivity contribution < 1.29 is 27.5 Å². The van der Waals surface area contributed by atoms with E-state index in [-0.39, 0.29) is 11.7 Å². The molecular weight excluding hydrogens is 339 g/mol. The number of fused-ring (bicyclic) bond motifs is 3. The maximum atomic E-state index is 12.6. The third kappa shape index (κ3) is 4.11. The molecule has 2 heterocycles. The van der Waals surface area contributed by atoms with Gasteiger partial charge in [0.2, 0.25) is 0 Å².